The minimum absolute atomic E-state index is 0.185. The molecule has 5 nitrogen and oxygen atoms in total. The van der Waals surface area contributed by atoms with Crippen molar-refractivity contribution in [2.75, 3.05) is 13.2 Å². The number of benzene rings is 2. The first-order chi connectivity index (χ1) is 15.1. The predicted octanol–water partition coefficient (Wildman–Crippen LogP) is 5.87. The van der Waals surface area contributed by atoms with Crippen molar-refractivity contribution in [2.24, 2.45) is 0 Å². The van der Waals surface area contributed by atoms with Crippen LogP contribution in [0, 0.1) is 6.92 Å². The highest BCUT2D eigenvalue weighted by Gasteiger charge is 2.34. The van der Waals surface area contributed by atoms with Crippen LogP contribution in [0.4, 0.5) is 4.79 Å². The van der Waals surface area contributed by atoms with Crippen LogP contribution < -0.4 is 4.74 Å². The van der Waals surface area contributed by atoms with Crippen molar-refractivity contribution in [3.63, 3.8) is 0 Å². The zero-order chi connectivity index (χ0) is 21.8. The molecule has 6 heteroatoms. The lowest BCUT2D eigenvalue weighted by Gasteiger charge is -2.09. The van der Waals surface area contributed by atoms with Crippen LogP contribution in [-0.4, -0.2) is 33.8 Å². The second-order valence-electron chi connectivity index (χ2n) is 7.64. The van der Waals surface area contributed by atoms with Gasteiger partial charge in [0.1, 0.15) is 5.75 Å². The Bertz CT molecular complexity index is 1130. The Morgan fingerprint density at radius 1 is 1.03 bits per heavy atom. The maximum atomic E-state index is 12.6. The van der Waals surface area contributed by atoms with Crippen molar-refractivity contribution < 1.29 is 14.3 Å². The number of para-hydroxylation sites is 1. The fourth-order valence-electron chi connectivity index (χ4n) is 3.69. The topological polar surface area (TPSA) is 51.5 Å². The number of hydrogen-bond acceptors (Lipinski definition) is 4. The molecule has 2 aromatic carbocycles. The molecular weight excluding hydrogens is 408 g/mol. The number of rotatable bonds is 8. The molecule has 160 valence electrons. The maximum absolute atomic E-state index is 12.6. The Balaban J connectivity index is 1.49. The molecule has 4 rings (SSSR count). The SMILES string of the molecule is CCCN1C(=O)S/C(=C\c2cn(CCCOc3ccc(C)cc3)c3ccccc23)C1=O. The summed E-state index contributed by atoms with van der Waals surface area (Å²) in [5.74, 6) is 0.687. The first-order valence-electron chi connectivity index (χ1n) is 10.6. The van der Waals surface area contributed by atoms with E-state index in [0.29, 0.717) is 18.1 Å². The smallest absolute Gasteiger partial charge is 0.293 e. The molecule has 0 aliphatic carbocycles. The number of hydrogen-bond donors (Lipinski definition) is 0. The third-order valence-corrected chi connectivity index (χ3v) is 6.17. The van der Waals surface area contributed by atoms with Gasteiger partial charge in [-0.3, -0.25) is 14.5 Å². The normalized spacial score (nSPS) is 15.4. The van der Waals surface area contributed by atoms with Crippen molar-refractivity contribution in [1.82, 2.24) is 9.47 Å². The van der Waals surface area contributed by atoms with Gasteiger partial charge in [-0.05, 0) is 55.8 Å². The summed E-state index contributed by atoms with van der Waals surface area (Å²) in [5, 5.41) is 0.888. The summed E-state index contributed by atoms with van der Waals surface area (Å²) in [7, 11) is 0. The van der Waals surface area contributed by atoms with Gasteiger partial charge in [-0.1, -0.05) is 42.8 Å². The van der Waals surface area contributed by atoms with Gasteiger partial charge < -0.3 is 9.30 Å². The predicted molar refractivity (Wildman–Crippen MR) is 126 cm³/mol. The molecule has 0 unspecified atom stereocenters. The third kappa shape index (κ3) is 4.69. The van der Waals surface area contributed by atoms with Crippen LogP contribution in [0.5, 0.6) is 5.75 Å². The van der Waals surface area contributed by atoms with E-state index >= 15 is 0 Å². The van der Waals surface area contributed by atoms with Crippen LogP contribution in [0.1, 0.15) is 30.9 Å². The molecule has 0 saturated carbocycles. The number of imide groups is 1. The van der Waals surface area contributed by atoms with E-state index in [1.807, 2.05) is 49.4 Å². The number of fused-ring (bicyclic) bond motifs is 1. The minimum Gasteiger partial charge on any atom is -0.494 e. The monoisotopic (exact) mass is 434 g/mol. The van der Waals surface area contributed by atoms with Gasteiger partial charge >= 0.3 is 0 Å². The van der Waals surface area contributed by atoms with Crippen LogP contribution in [0.25, 0.3) is 17.0 Å². The lowest BCUT2D eigenvalue weighted by molar-refractivity contribution is -0.122. The molecule has 0 atom stereocenters. The van der Waals surface area contributed by atoms with Crippen LogP contribution in [0.15, 0.2) is 59.6 Å². The zero-order valence-corrected chi connectivity index (χ0v) is 18.7. The maximum Gasteiger partial charge on any atom is 0.293 e. The summed E-state index contributed by atoms with van der Waals surface area (Å²) >= 11 is 1.02. The third-order valence-electron chi connectivity index (χ3n) is 5.26. The number of carbonyl (C=O) groups excluding carboxylic acids is 2. The summed E-state index contributed by atoms with van der Waals surface area (Å²) < 4.78 is 8.04. The van der Waals surface area contributed by atoms with Crippen molar-refractivity contribution in [1.29, 1.82) is 0 Å². The number of carbonyl (C=O) groups is 2. The fraction of sp³-hybridized carbons (Fsp3) is 0.280. The molecule has 3 aromatic rings. The van der Waals surface area contributed by atoms with E-state index in [1.54, 1.807) is 0 Å². The molecule has 1 aliphatic rings. The second-order valence-corrected chi connectivity index (χ2v) is 8.64. The van der Waals surface area contributed by atoms with Gasteiger partial charge in [0.15, 0.2) is 0 Å². The number of aryl methyl sites for hydroxylation is 2. The summed E-state index contributed by atoms with van der Waals surface area (Å²) in [6.07, 6.45) is 5.53. The first-order valence-corrected chi connectivity index (χ1v) is 11.4. The average Bonchev–Trinajstić information content (AvgIpc) is 3.25. The molecular formula is C25H26N2O3S. The van der Waals surface area contributed by atoms with E-state index in [4.69, 9.17) is 4.74 Å². The lowest BCUT2D eigenvalue weighted by Crippen LogP contribution is -2.28. The summed E-state index contributed by atoms with van der Waals surface area (Å²) in [5.41, 5.74) is 3.28. The number of aromatic nitrogens is 1. The Hall–Kier alpha value is -2.99. The van der Waals surface area contributed by atoms with Crippen LogP contribution in [-0.2, 0) is 11.3 Å². The van der Waals surface area contributed by atoms with Gasteiger partial charge in [-0.15, -0.1) is 0 Å². The molecule has 2 heterocycles. The summed E-state index contributed by atoms with van der Waals surface area (Å²) in [6, 6.07) is 16.2. The first kappa shape index (κ1) is 21.2. The van der Waals surface area contributed by atoms with Crippen molar-refractivity contribution in [3.8, 4) is 5.75 Å². The Labute approximate surface area is 186 Å². The van der Waals surface area contributed by atoms with E-state index in [2.05, 4.69) is 29.8 Å². The van der Waals surface area contributed by atoms with E-state index in [9.17, 15) is 9.59 Å². The van der Waals surface area contributed by atoms with E-state index in [1.165, 1.54) is 10.5 Å². The largest absolute Gasteiger partial charge is 0.494 e. The molecule has 1 aromatic heterocycles. The molecule has 0 spiro atoms. The summed E-state index contributed by atoms with van der Waals surface area (Å²) in [4.78, 5) is 26.6. The molecule has 31 heavy (non-hydrogen) atoms. The molecule has 1 fully saturated rings. The van der Waals surface area contributed by atoms with Gasteiger partial charge in [-0.2, -0.15) is 0 Å². The fourth-order valence-corrected chi connectivity index (χ4v) is 4.55. The molecule has 1 saturated heterocycles. The molecule has 0 N–H and O–H groups in total. The number of ether oxygens (including phenoxy) is 1. The minimum atomic E-state index is -0.194. The quantitative estimate of drug-likeness (QED) is 0.329. The Morgan fingerprint density at radius 3 is 2.58 bits per heavy atom. The van der Waals surface area contributed by atoms with Crippen LogP contribution >= 0.6 is 11.8 Å². The molecule has 0 radical (unpaired) electrons. The van der Waals surface area contributed by atoms with E-state index in [0.717, 1.165) is 53.4 Å². The van der Waals surface area contributed by atoms with Crippen molar-refractivity contribution >= 4 is 39.9 Å². The van der Waals surface area contributed by atoms with Crippen LogP contribution in [0.2, 0.25) is 0 Å². The number of nitrogens with zero attached hydrogens (tertiary/aromatic N) is 2. The summed E-state index contributed by atoms with van der Waals surface area (Å²) in [6.45, 7) is 5.91. The molecule has 2 amide bonds. The van der Waals surface area contributed by atoms with Gasteiger partial charge in [0, 0.05) is 35.8 Å². The van der Waals surface area contributed by atoms with Gasteiger partial charge in [0.25, 0.3) is 11.1 Å². The van der Waals surface area contributed by atoms with Gasteiger partial charge in [0.2, 0.25) is 0 Å². The van der Waals surface area contributed by atoms with E-state index in [-0.39, 0.29) is 11.1 Å². The van der Waals surface area contributed by atoms with Crippen molar-refractivity contribution in [2.45, 2.75) is 33.2 Å². The van der Waals surface area contributed by atoms with E-state index < -0.39 is 0 Å². The second kappa shape index (κ2) is 9.43. The molecule has 1 aliphatic heterocycles. The lowest BCUT2D eigenvalue weighted by atomic mass is 10.1. The number of amides is 2. The standard InChI is InChI=1S/C25H26N2O3S/c1-3-13-27-24(28)23(31-25(27)29)16-19-17-26(22-8-5-4-7-21(19)22)14-6-15-30-20-11-9-18(2)10-12-20/h4-5,7-12,16-17H,3,6,13-15H2,1-2H3/b23-16-. The molecule has 0 bridgehead atoms. The Kier molecular flexibility index (Phi) is 6.47. The van der Waals surface area contributed by atoms with Crippen LogP contribution in [0.3, 0.4) is 0 Å². The van der Waals surface area contributed by atoms with Crippen molar-refractivity contribution in [3.05, 3.63) is 70.8 Å². The zero-order valence-electron chi connectivity index (χ0n) is 17.8. The Morgan fingerprint density at radius 2 is 1.81 bits per heavy atom. The highest BCUT2D eigenvalue weighted by Crippen LogP contribution is 2.34. The highest BCUT2D eigenvalue weighted by molar-refractivity contribution is 8.18. The average molecular weight is 435 g/mol. The highest BCUT2D eigenvalue weighted by atomic mass is 32.2. The number of thioether (sulfide) groups is 1. The van der Waals surface area contributed by atoms with Gasteiger partial charge in [0.05, 0.1) is 11.5 Å². The van der Waals surface area contributed by atoms with Gasteiger partial charge in [-0.25, -0.2) is 0 Å².